The van der Waals surface area contributed by atoms with Crippen LogP contribution in [0.4, 0.5) is 16.4 Å². The van der Waals surface area contributed by atoms with Gasteiger partial charge in [-0.15, -0.1) is 0 Å². The van der Waals surface area contributed by atoms with Gasteiger partial charge in [0.25, 0.3) is 0 Å². The Hall–Kier alpha value is -2.91. The van der Waals surface area contributed by atoms with Gasteiger partial charge < -0.3 is 19.4 Å². The van der Waals surface area contributed by atoms with Crippen molar-refractivity contribution in [2.45, 2.75) is 57.8 Å². The molecule has 5 rings (SSSR count). The standard InChI is InChI=1S/C26H33ClN6O3/c1-14(2)31(5)12-19(17-6-8-18(27)9-7-17)25(34)33-11-10-32(21-15(3)22(21)33)24-20-16(4)36-26(35)30-23(20)28-13-29-24/h6-9,13-16,19,21-22H,10-12H2,1-5H3,(H,28,29,30,35)/t15-,16-,19+,21?,22?/m0/s1. The maximum absolute atomic E-state index is 14.0. The third-order valence-corrected chi connectivity index (χ3v) is 8.09. The van der Waals surface area contributed by atoms with Crippen LogP contribution in [0, 0.1) is 5.92 Å². The molecule has 9 nitrogen and oxygen atoms in total. The third-order valence-electron chi connectivity index (χ3n) is 7.84. The smallest absolute Gasteiger partial charge is 0.413 e. The number of nitrogens with one attached hydrogen (secondary N) is 1. The Morgan fingerprint density at radius 3 is 2.61 bits per heavy atom. The first-order valence-corrected chi connectivity index (χ1v) is 12.9. The minimum Gasteiger partial charge on any atom is -0.441 e. The van der Waals surface area contributed by atoms with Crippen molar-refractivity contribution in [1.82, 2.24) is 19.8 Å². The fraction of sp³-hybridized carbons (Fsp3) is 0.538. The third kappa shape index (κ3) is 4.39. The number of ether oxygens (including phenoxy) is 1. The minimum absolute atomic E-state index is 0.102. The van der Waals surface area contributed by atoms with E-state index in [2.05, 4.69) is 57.8 Å². The predicted octanol–water partition coefficient (Wildman–Crippen LogP) is 3.91. The van der Waals surface area contributed by atoms with Gasteiger partial charge in [0.05, 0.1) is 23.6 Å². The number of piperazine rings is 1. The number of nitrogens with zero attached hydrogens (tertiary/aromatic N) is 5. The number of hydrogen-bond donors (Lipinski definition) is 1. The van der Waals surface area contributed by atoms with Crippen LogP contribution in [0.5, 0.6) is 0 Å². The first-order chi connectivity index (χ1) is 17.2. The quantitative estimate of drug-likeness (QED) is 0.627. The summed E-state index contributed by atoms with van der Waals surface area (Å²) in [6.07, 6.45) is 0.523. The number of carbonyl (C=O) groups is 2. The number of hydrogen-bond acceptors (Lipinski definition) is 7. The average Bonchev–Trinajstić information content (AvgIpc) is 3.52. The van der Waals surface area contributed by atoms with Gasteiger partial charge in [0.2, 0.25) is 5.91 Å². The molecule has 1 saturated carbocycles. The Labute approximate surface area is 216 Å². The molecule has 36 heavy (non-hydrogen) atoms. The molecule has 1 saturated heterocycles. The van der Waals surface area contributed by atoms with Crippen molar-refractivity contribution >= 4 is 35.2 Å². The van der Waals surface area contributed by atoms with Gasteiger partial charge in [0.15, 0.2) is 0 Å². The number of amides is 2. The number of carbonyl (C=O) groups excluding carboxylic acids is 2. The van der Waals surface area contributed by atoms with Crippen molar-refractivity contribution < 1.29 is 14.3 Å². The molecule has 2 fully saturated rings. The van der Waals surface area contributed by atoms with E-state index in [1.165, 1.54) is 6.33 Å². The molecule has 5 atom stereocenters. The lowest BCUT2D eigenvalue weighted by Crippen LogP contribution is -2.51. The van der Waals surface area contributed by atoms with Gasteiger partial charge in [0.1, 0.15) is 24.1 Å². The maximum Gasteiger partial charge on any atom is 0.413 e. The molecule has 2 aromatic rings. The lowest BCUT2D eigenvalue weighted by molar-refractivity contribution is -0.134. The highest BCUT2D eigenvalue weighted by molar-refractivity contribution is 6.30. The van der Waals surface area contributed by atoms with Crippen LogP contribution in [-0.2, 0) is 9.53 Å². The molecule has 1 N–H and O–H groups in total. The van der Waals surface area contributed by atoms with Gasteiger partial charge in [-0.25, -0.2) is 14.8 Å². The van der Waals surface area contributed by atoms with E-state index in [4.69, 9.17) is 16.3 Å². The van der Waals surface area contributed by atoms with E-state index < -0.39 is 12.2 Å². The van der Waals surface area contributed by atoms with Crippen molar-refractivity contribution in [1.29, 1.82) is 0 Å². The molecule has 0 radical (unpaired) electrons. The fourth-order valence-electron chi connectivity index (χ4n) is 5.53. The molecule has 3 aliphatic rings. The second kappa shape index (κ2) is 9.52. The van der Waals surface area contributed by atoms with Gasteiger partial charge in [-0.05, 0) is 45.5 Å². The van der Waals surface area contributed by atoms with Crippen LogP contribution in [0.3, 0.4) is 0 Å². The monoisotopic (exact) mass is 512 g/mol. The zero-order chi connectivity index (χ0) is 25.7. The van der Waals surface area contributed by atoms with E-state index in [0.717, 1.165) is 16.9 Å². The summed E-state index contributed by atoms with van der Waals surface area (Å²) in [7, 11) is 2.06. The zero-order valence-electron chi connectivity index (χ0n) is 21.3. The number of halogens is 1. The van der Waals surface area contributed by atoms with Crippen LogP contribution >= 0.6 is 11.6 Å². The van der Waals surface area contributed by atoms with Crippen LogP contribution in [0.15, 0.2) is 30.6 Å². The highest BCUT2D eigenvalue weighted by atomic mass is 35.5. The summed E-state index contributed by atoms with van der Waals surface area (Å²) < 4.78 is 5.39. The molecule has 2 unspecified atom stereocenters. The Balaban J connectivity index is 1.40. The largest absolute Gasteiger partial charge is 0.441 e. The van der Waals surface area contributed by atoms with Crippen LogP contribution in [-0.4, -0.2) is 76.6 Å². The SMILES string of the molecule is CC(C)N(C)C[C@@H](C(=O)N1CCN(c2ncnc3c2[C@H](C)OC(=O)N3)C2C1[C@H]2C)c1ccc(Cl)cc1. The summed E-state index contributed by atoms with van der Waals surface area (Å²) >= 11 is 6.14. The zero-order valence-corrected chi connectivity index (χ0v) is 22.1. The molecule has 2 amide bonds. The number of likely N-dealkylation sites (N-methyl/N-ethyl adjacent to an activating group) is 1. The van der Waals surface area contributed by atoms with E-state index in [-0.39, 0.29) is 23.9 Å². The number of rotatable bonds is 6. The molecule has 1 aliphatic carbocycles. The molecule has 1 aromatic carbocycles. The van der Waals surface area contributed by atoms with E-state index in [1.807, 2.05) is 31.2 Å². The molecule has 3 heterocycles. The molecule has 0 spiro atoms. The lowest BCUT2D eigenvalue weighted by Gasteiger charge is -2.38. The first kappa shape index (κ1) is 24.8. The van der Waals surface area contributed by atoms with Crippen molar-refractivity contribution in [2.24, 2.45) is 5.92 Å². The summed E-state index contributed by atoms with van der Waals surface area (Å²) in [5.41, 5.74) is 1.77. The number of benzene rings is 1. The van der Waals surface area contributed by atoms with E-state index in [9.17, 15) is 9.59 Å². The first-order valence-electron chi connectivity index (χ1n) is 12.5. The van der Waals surface area contributed by atoms with Gasteiger partial charge in [-0.1, -0.05) is 30.7 Å². The summed E-state index contributed by atoms with van der Waals surface area (Å²) in [6, 6.07) is 8.22. The second-order valence-electron chi connectivity index (χ2n) is 10.3. The van der Waals surface area contributed by atoms with Gasteiger partial charge in [0, 0.05) is 36.6 Å². The molecular weight excluding hydrogens is 480 g/mol. The summed E-state index contributed by atoms with van der Waals surface area (Å²) in [5.74, 6) is 1.44. The second-order valence-corrected chi connectivity index (χ2v) is 10.8. The number of fused-ring (bicyclic) bond motifs is 2. The van der Waals surface area contributed by atoms with Crippen molar-refractivity contribution in [3.63, 3.8) is 0 Å². The predicted molar refractivity (Wildman–Crippen MR) is 138 cm³/mol. The van der Waals surface area contributed by atoms with Crippen molar-refractivity contribution in [2.75, 3.05) is 36.9 Å². The van der Waals surface area contributed by atoms with E-state index >= 15 is 0 Å². The summed E-state index contributed by atoms with van der Waals surface area (Å²) in [6.45, 7) is 10.2. The van der Waals surface area contributed by atoms with Crippen LogP contribution in [0.2, 0.25) is 5.02 Å². The Morgan fingerprint density at radius 1 is 1.19 bits per heavy atom. The molecule has 10 heteroatoms. The van der Waals surface area contributed by atoms with Crippen molar-refractivity contribution in [3.8, 4) is 0 Å². The van der Waals surface area contributed by atoms with E-state index in [0.29, 0.717) is 42.4 Å². The van der Waals surface area contributed by atoms with Gasteiger partial charge in [-0.3, -0.25) is 10.1 Å². The molecule has 0 bridgehead atoms. The summed E-state index contributed by atoms with van der Waals surface area (Å²) in [4.78, 5) is 41.2. The lowest BCUT2D eigenvalue weighted by atomic mass is 9.96. The summed E-state index contributed by atoms with van der Waals surface area (Å²) in [5, 5.41) is 3.34. The Kier molecular flexibility index (Phi) is 6.55. The highest BCUT2D eigenvalue weighted by Crippen LogP contribution is 2.48. The average molecular weight is 513 g/mol. The molecule has 2 aliphatic heterocycles. The molecular formula is C26H33ClN6O3. The molecule has 1 aromatic heterocycles. The minimum atomic E-state index is -0.507. The topological polar surface area (TPSA) is 90.9 Å². The Morgan fingerprint density at radius 2 is 1.92 bits per heavy atom. The van der Waals surface area contributed by atoms with Crippen molar-refractivity contribution in [3.05, 3.63) is 46.7 Å². The fourth-order valence-corrected chi connectivity index (χ4v) is 5.66. The van der Waals surface area contributed by atoms with Crippen LogP contribution in [0.1, 0.15) is 50.8 Å². The van der Waals surface area contributed by atoms with Gasteiger partial charge in [-0.2, -0.15) is 0 Å². The number of anilines is 2. The molecule has 192 valence electrons. The van der Waals surface area contributed by atoms with Gasteiger partial charge >= 0.3 is 6.09 Å². The maximum atomic E-state index is 14.0. The normalized spacial score (nSPS) is 25.7. The number of cyclic esters (lactones) is 1. The van der Waals surface area contributed by atoms with Crippen LogP contribution < -0.4 is 10.2 Å². The Bertz CT molecular complexity index is 1160. The van der Waals surface area contributed by atoms with Crippen LogP contribution in [0.25, 0.3) is 0 Å². The highest BCUT2D eigenvalue weighted by Gasteiger charge is 2.59. The number of aromatic nitrogens is 2. The van der Waals surface area contributed by atoms with E-state index in [1.54, 1.807) is 0 Å².